The van der Waals surface area contributed by atoms with Gasteiger partial charge in [-0.2, -0.15) is 5.10 Å². The lowest BCUT2D eigenvalue weighted by Crippen LogP contribution is -2.28. The van der Waals surface area contributed by atoms with Crippen LogP contribution in [-0.4, -0.2) is 29.5 Å². The van der Waals surface area contributed by atoms with E-state index in [0.717, 1.165) is 11.4 Å². The zero-order chi connectivity index (χ0) is 13.0. The lowest BCUT2D eigenvalue weighted by Gasteiger charge is -2.09. The lowest BCUT2D eigenvalue weighted by molar-refractivity contribution is 0.280. The summed E-state index contributed by atoms with van der Waals surface area (Å²) >= 11 is 0. The number of aromatic nitrogens is 2. The Bertz CT molecular complexity index is 507. The number of benzene rings is 1. The second kappa shape index (κ2) is 5.69. The predicted octanol–water partition coefficient (Wildman–Crippen LogP) is 2.17. The SMILES string of the molecule is CNC(C)COc1cnn(-c2cccc(C)c2)c1. The van der Waals surface area contributed by atoms with Crippen LogP contribution in [0.2, 0.25) is 0 Å². The fraction of sp³-hybridized carbons (Fsp3) is 0.357. The van der Waals surface area contributed by atoms with Gasteiger partial charge in [-0.15, -0.1) is 0 Å². The fourth-order valence-electron chi connectivity index (χ4n) is 1.60. The number of likely N-dealkylation sites (N-methyl/N-ethyl adjacent to an activating group) is 1. The molecular weight excluding hydrogens is 226 g/mol. The van der Waals surface area contributed by atoms with Gasteiger partial charge in [-0.1, -0.05) is 12.1 Å². The van der Waals surface area contributed by atoms with Gasteiger partial charge in [0, 0.05) is 6.04 Å². The van der Waals surface area contributed by atoms with Gasteiger partial charge in [0.2, 0.25) is 0 Å². The van der Waals surface area contributed by atoms with Crippen molar-refractivity contribution < 1.29 is 4.74 Å². The summed E-state index contributed by atoms with van der Waals surface area (Å²) in [6.07, 6.45) is 3.64. The third-order valence-corrected chi connectivity index (χ3v) is 2.82. The van der Waals surface area contributed by atoms with Crippen LogP contribution in [0.4, 0.5) is 0 Å². The summed E-state index contributed by atoms with van der Waals surface area (Å²) in [5.74, 6) is 0.790. The van der Waals surface area contributed by atoms with Gasteiger partial charge in [-0.25, -0.2) is 4.68 Å². The van der Waals surface area contributed by atoms with Crippen molar-refractivity contribution in [2.45, 2.75) is 19.9 Å². The van der Waals surface area contributed by atoms with E-state index in [0.29, 0.717) is 12.6 Å². The number of hydrogen-bond acceptors (Lipinski definition) is 3. The number of rotatable bonds is 5. The van der Waals surface area contributed by atoms with Gasteiger partial charge in [0.1, 0.15) is 6.61 Å². The number of nitrogens with one attached hydrogen (secondary N) is 1. The maximum Gasteiger partial charge on any atom is 0.157 e. The van der Waals surface area contributed by atoms with E-state index in [1.165, 1.54) is 5.56 Å². The molecule has 0 radical (unpaired) electrons. The molecule has 1 atom stereocenters. The normalized spacial score (nSPS) is 12.4. The third-order valence-electron chi connectivity index (χ3n) is 2.82. The van der Waals surface area contributed by atoms with Crippen molar-refractivity contribution in [3.63, 3.8) is 0 Å². The van der Waals surface area contributed by atoms with E-state index in [1.54, 1.807) is 6.20 Å². The van der Waals surface area contributed by atoms with Crippen LogP contribution >= 0.6 is 0 Å². The first-order valence-corrected chi connectivity index (χ1v) is 6.11. The van der Waals surface area contributed by atoms with Crippen LogP contribution in [0.5, 0.6) is 5.75 Å². The quantitative estimate of drug-likeness (QED) is 0.877. The molecule has 0 amide bonds. The highest BCUT2D eigenvalue weighted by Crippen LogP contribution is 2.14. The van der Waals surface area contributed by atoms with Gasteiger partial charge in [0.25, 0.3) is 0 Å². The molecule has 0 fully saturated rings. The minimum absolute atomic E-state index is 0.326. The second-order valence-electron chi connectivity index (χ2n) is 4.46. The molecule has 0 saturated carbocycles. The monoisotopic (exact) mass is 245 g/mol. The Labute approximate surface area is 108 Å². The van der Waals surface area contributed by atoms with Crippen molar-refractivity contribution in [3.8, 4) is 11.4 Å². The molecule has 2 aromatic rings. The molecule has 0 saturated heterocycles. The molecule has 1 heterocycles. The molecule has 1 aromatic carbocycles. The van der Waals surface area contributed by atoms with Gasteiger partial charge in [-0.3, -0.25) is 0 Å². The highest BCUT2D eigenvalue weighted by molar-refractivity contribution is 5.35. The molecule has 4 heteroatoms. The molecule has 18 heavy (non-hydrogen) atoms. The molecule has 0 aliphatic rings. The van der Waals surface area contributed by atoms with Crippen molar-refractivity contribution >= 4 is 0 Å². The number of nitrogens with zero attached hydrogens (tertiary/aromatic N) is 2. The van der Waals surface area contributed by atoms with Crippen LogP contribution in [0.15, 0.2) is 36.7 Å². The van der Waals surface area contributed by atoms with Crippen LogP contribution in [-0.2, 0) is 0 Å². The van der Waals surface area contributed by atoms with E-state index in [4.69, 9.17) is 4.74 Å². The highest BCUT2D eigenvalue weighted by atomic mass is 16.5. The summed E-state index contributed by atoms with van der Waals surface area (Å²) in [6.45, 7) is 4.78. The van der Waals surface area contributed by atoms with Gasteiger partial charge < -0.3 is 10.1 Å². The Morgan fingerprint density at radius 1 is 1.44 bits per heavy atom. The molecule has 2 rings (SSSR count). The number of ether oxygens (including phenoxy) is 1. The average molecular weight is 245 g/mol. The van der Waals surface area contributed by atoms with Crippen LogP contribution in [0.3, 0.4) is 0 Å². The fourth-order valence-corrected chi connectivity index (χ4v) is 1.60. The molecule has 0 aliphatic carbocycles. The first-order chi connectivity index (χ1) is 8.69. The Morgan fingerprint density at radius 2 is 2.28 bits per heavy atom. The van der Waals surface area contributed by atoms with Crippen molar-refractivity contribution in [3.05, 3.63) is 42.2 Å². The van der Waals surface area contributed by atoms with Gasteiger partial charge in [0.05, 0.1) is 18.1 Å². The summed E-state index contributed by atoms with van der Waals surface area (Å²) in [4.78, 5) is 0. The number of aryl methyl sites for hydroxylation is 1. The van der Waals surface area contributed by atoms with E-state index in [9.17, 15) is 0 Å². The Kier molecular flexibility index (Phi) is 3.99. The van der Waals surface area contributed by atoms with Crippen molar-refractivity contribution in [2.24, 2.45) is 0 Å². The van der Waals surface area contributed by atoms with Crippen LogP contribution in [0.1, 0.15) is 12.5 Å². The Hall–Kier alpha value is -1.81. The average Bonchev–Trinajstić information content (AvgIpc) is 2.84. The topological polar surface area (TPSA) is 39.1 Å². The maximum atomic E-state index is 5.65. The van der Waals surface area contributed by atoms with Crippen molar-refractivity contribution in [1.29, 1.82) is 0 Å². The zero-order valence-corrected chi connectivity index (χ0v) is 11.1. The van der Waals surface area contributed by atoms with E-state index in [-0.39, 0.29) is 0 Å². The molecule has 0 spiro atoms. The van der Waals surface area contributed by atoms with E-state index in [2.05, 4.69) is 36.4 Å². The second-order valence-corrected chi connectivity index (χ2v) is 4.46. The summed E-state index contributed by atoms with van der Waals surface area (Å²) in [5, 5.41) is 7.43. The third kappa shape index (κ3) is 3.11. The number of hydrogen-bond donors (Lipinski definition) is 1. The predicted molar refractivity (Wildman–Crippen MR) is 72.3 cm³/mol. The summed E-state index contributed by atoms with van der Waals surface area (Å²) in [7, 11) is 1.92. The van der Waals surface area contributed by atoms with Crippen molar-refractivity contribution in [1.82, 2.24) is 15.1 Å². The standard InChI is InChI=1S/C14H19N3O/c1-11-5-4-6-13(7-11)17-9-14(8-16-17)18-10-12(2)15-3/h4-9,12,15H,10H2,1-3H3. The lowest BCUT2D eigenvalue weighted by atomic mass is 10.2. The molecule has 0 aliphatic heterocycles. The highest BCUT2D eigenvalue weighted by Gasteiger charge is 2.04. The Morgan fingerprint density at radius 3 is 3.00 bits per heavy atom. The molecule has 0 bridgehead atoms. The summed E-state index contributed by atoms with van der Waals surface area (Å²) in [5.41, 5.74) is 2.26. The molecule has 4 nitrogen and oxygen atoms in total. The summed E-state index contributed by atoms with van der Waals surface area (Å²) < 4.78 is 7.47. The summed E-state index contributed by atoms with van der Waals surface area (Å²) in [6, 6.07) is 8.54. The molecule has 1 unspecified atom stereocenters. The van der Waals surface area contributed by atoms with Gasteiger partial charge in [0.15, 0.2) is 5.75 Å². The first-order valence-electron chi connectivity index (χ1n) is 6.11. The van der Waals surface area contributed by atoms with Crippen LogP contribution < -0.4 is 10.1 Å². The minimum Gasteiger partial charge on any atom is -0.489 e. The zero-order valence-electron chi connectivity index (χ0n) is 11.1. The van der Waals surface area contributed by atoms with E-state index < -0.39 is 0 Å². The molecule has 96 valence electrons. The van der Waals surface area contributed by atoms with Gasteiger partial charge >= 0.3 is 0 Å². The van der Waals surface area contributed by atoms with Gasteiger partial charge in [-0.05, 0) is 38.6 Å². The van der Waals surface area contributed by atoms with Crippen molar-refractivity contribution in [2.75, 3.05) is 13.7 Å². The molecule has 1 aromatic heterocycles. The van der Waals surface area contributed by atoms with Crippen LogP contribution in [0, 0.1) is 6.92 Å². The maximum absolute atomic E-state index is 5.65. The minimum atomic E-state index is 0.326. The van der Waals surface area contributed by atoms with Crippen LogP contribution in [0.25, 0.3) is 5.69 Å². The molecular formula is C14H19N3O. The first kappa shape index (κ1) is 12.6. The molecule has 1 N–H and O–H groups in total. The Balaban J connectivity index is 2.06. The van der Waals surface area contributed by atoms with E-state index in [1.807, 2.05) is 30.1 Å². The largest absolute Gasteiger partial charge is 0.489 e. The van der Waals surface area contributed by atoms with E-state index >= 15 is 0 Å². The smallest absolute Gasteiger partial charge is 0.157 e.